The van der Waals surface area contributed by atoms with Gasteiger partial charge in [0.25, 0.3) is 0 Å². The normalized spacial score (nSPS) is 14.6. The number of benzene rings is 2. The van der Waals surface area contributed by atoms with Crippen molar-refractivity contribution in [2.75, 3.05) is 13.1 Å². The van der Waals surface area contributed by atoms with E-state index in [1.54, 1.807) is 0 Å². The molecule has 0 N–H and O–H groups in total. The molecule has 0 atom stereocenters. The molecule has 1 aromatic heterocycles. The zero-order chi connectivity index (χ0) is 17.8. The van der Waals surface area contributed by atoms with Crippen molar-refractivity contribution in [3.8, 4) is 17.4 Å². The van der Waals surface area contributed by atoms with Gasteiger partial charge in [0, 0.05) is 25.8 Å². The summed E-state index contributed by atoms with van der Waals surface area (Å²) in [5.74, 6) is 2.42. The minimum absolute atomic E-state index is 0.228. The van der Waals surface area contributed by atoms with E-state index in [2.05, 4.69) is 22.0 Å². The van der Waals surface area contributed by atoms with E-state index in [1.165, 1.54) is 5.56 Å². The van der Waals surface area contributed by atoms with Crippen LogP contribution in [0.25, 0.3) is 0 Å². The molecule has 2 heterocycles. The number of pyridine rings is 1. The van der Waals surface area contributed by atoms with Crippen LogP contribution in [0, 0.1) is 0 Å². The van der Waals surface area contributed by atoms with Gasteiger partial charge < -0.3 is 9.47 Å². The van der Waals surface area contributed by atoms with Crippen molar-refractivity contribution in [1.29, 1.82) is 0 Å². The molecule has 1 aliphatic rings. The molecule has 0 bridgehead atoms. The van der Waals surface area contributed by atoms with Crippen LogP contribution in [0.2, 0.25) is 0 Å². The molecule has 0 unspecified atom stereocenters. The van der Waals surface area contributed by atoms with Gasteiger partial charge in [-0.05, 0) is 35.9 Å². The van der Waals surface area contributed by atoms with Crippen molar-refractivity contribution < 1.29 is 9.47 Å². The minimum Gasteiger partial charge on any atom is -0.472 e. The lowest BCUT2D eigenvalue weighted by molar-refractivity contribution is 0.0118. The summed E-state index contributed by atoms with van der Waals surface area (Å²) < 4.78 is 11.7. The molecule has 4 nitrogen and oxygen atoms in total. The molecule has 1 fully saturated rings. The average Bonchev–Trinajstić information content (AvgIpc) is 2.64. The van der Waals surface area contributed by atoms with Crippen LogP contribution < -0.4 is 14.9 Å². The van der Waals surface area contributed by atoms with Gasteiger partial charge in [0.15, 0.2) is 0 Å². The maximum Gasteiger partial charge on any atom is 0.213 e. The van der Waals surface area contributed by atoms with Gasteiger partial charge in [0.2, 0.25) is 5.88 Å². The maximum atomic E-state index is 5.89. The number of para-hydroxylation sites is 1. The first-order valence-corrected chi connectivity index (χ1v) is 8.88. The van der Waals surface area contributed by atoms with Gasteiger partial charge in [0.1, 0.15) is 25.4 Å². The first-order valence-electron chi connectivity index (χ1n) is 8.88. The Kier molecular flexibility index (Phi) is 4.89. The van der Waals surface area contributed by atoms with Gasteiger partial charge in [-0.1, -0.05) is 41.9 Å². The van der Waals surface area contributed by atoms with Gasteiger partial charge >= 0.3 is 0 Å². The molecule has 5 heteroatoms. The van der Waals surface area contributed by atoms with Gasteiger partial charge in [0.05, 0.1) is 0 Å². The highest BCUT2D eigenvalue weighted by Gasteiger charge is 2.28. The molecule has 1 saturated heterocycles. The van der Waals surface area contributed by atoms with Crippen LogP contribution in [-0.4, -0.2) is 36.9 Å². The minimum atomic E-state index is 0.228. The molecule has 0 radical (unpaired) electrons. The summed E-state index contributed by atoms with van der Waals surface area (Å²) in [4.78, 5) is 6.67. The summed E-state index contributed by atoms with van der Waals surface area (Å²) in [7, 11) is 2.03. The summed E-state index contributed by atoms with van der Waals surface area (Å²) in [6.07, 6.45) is 2.07. The topological polar surface area (TPSA) is 34.6 Å². The SMILES string of the molecule is Bc1ccc(OC2CN(Cc3ccc(Oc4ccccc4)cc3)C2)nc1. The molecule has 1 aliphatic heterocycles. The first-order chi connectivity index (χ1) is 12.7. The molecule has 0 spiro atoms. The predicted octanol–water partition coefficient (Wildman–Crippen LogP) is 2.40. The Morgan fingerprint density at radius 3 is 2.35 bits per heavy atom. The van der Waals surface area contributed by atoms with Crippen LogP contribution >= 0.6 is 0 Å². The molecule has 2 aromatic carbocycles. The van der Waals surface area contributed by atoms with E-state index in [0.29, 0.717) is 5.88 Å². The zero-order valence-corrected chi connectivity index (χ0v) is 14.8. The van der Waals surface area contributed by atoms with Gasteiger partial charge in [-0.2, -0.15) is 0 Å². The van der Waals surface area contributed by atoms with Crippen LogP contribution in [0.3, 0.4) is 0 Å². The number of nitrogens with zero attached hydrogens (tertiary/aromatic N) is 2. The van der Waals surface area contributed by atoms with Gasteiger partial charge in [-0.25, -0.2) is 4.98 Å². The fourth-order valence-electron chi connectivity index (χ4n) is 2.97. The highest BCUT2D eigenvalue weighted by atomic mass is 16.5. The standard InChI is InChI=1S/C21H21BN2O2/c22-17-8-11-21(23-12-17)26-20-14-24(15-20)13-16-6-9-19(10-7-16)25-18-4-2-1-3-5-18/h1-12,20H,13-15,22H2. The molecule has 0 saturated carbocycles. The molecule has 0 aliphatic carbocycles. The van der Waals surface area contributed by atoms with Crippen molar-refractivity contribution in [3.63, 3.8) is 0 Å². The molecule has 3 aromatic rings. The van der Waals surface area contributed by atoms with Crippen molar-refractivity contribution >= 4 is 13.3 Å². The molecule has 0 amide bonds. The molecule has 4 rings (SSSR count). The van der Waals surface area contributed by atoms with E-state index in [0.717, 1.165) is 36.6 Å². The smallest absolute Gasteiger partial charge is 0.213 e. The number of ether oxygens (including phenoxy) is 2. The van der Waals surface area contributed by atoms with Crippen LogP contribution in [0.15, 0.2) is 72.9 Å². The molecular formula is C21H21BN2O2. The van der Waals surface area contributed by atoms with E-state index in [9.17, 15) is 0 Å². The summed E-state index contributed by atoms with van der Waals surface area (Å²) in [6, 6.07) is 22.1. The second-order valence-electron chi connectivity index (χ2n) is 6.67. The number of hydrogen-bond donors (Lipinski definition) is 0. The Hall–Kier alpha value is -2.79. The second kappa shape index (κ2) is 7.62. The highest BCUT2D eigenvalue weighted by molar-refractivity contribution is 6.32. The lowest BCUT2D eigenvalue weighted by atomic mass is 9.99. The number of likely N-dealkylation sites (tertiary alicyclic amines) is 1. The third kappa shape index (κ3) is 4.24. The number of rotatable bonds is 6. The van der Waals surface area contributed by atoms with Crippen LogP contribution in [-0.2, 0) is 6.54 Å². The Labute approximate surface area is 154 Å². The zero-order valence-electron chi connectivity index (χ0n) is 14.8. The Morgan fingerprint density at radius 1 is 0.923 bits per heavy atom. The monoisotopic (exact) mass is 344 g/mol. The van der Waals surface area contributed by atoms with Crippen molar-refractivity contribution in [2.24, 2.45) is 0 Å². The largest absolute Gasteiger partial charge is 0.472 e. The Morgan fingerprint density at radius 2 is 1.65 bits per heavy atom. The Bertz CT molecular complexity index is 832. The van der Waals surface area contributed by atoms with Gasteiger partial charge in [-0.15, -0.1) is 0 Å². The fourth-order valence-corrected chi connectivity index (χ4v) is 2.97. The third-order valence-corrected chi connectivity index (χ3v) is 4.40. The summed E-state index contributed by atoms with van der Waals surface area (Å²) in [5, 5.41) is 0. The van der Waals surface area contributed by atoms with Crippen LogP contribution in [0.1, 0.15) is 5.56 Å². The van der Waals surface area contributed by atoms with Crippen molar-refractivity contribution in [2.45, 2.75) is 12.6 Å². The van der Waals surface area contributed by atoms with E-state index in [4.69, 9.17) is 9.47 Å². The van der Waals surface area contributed by atoms with Gasteiger partial charge in [-0.3, -0.25) is 4.90 Å². The Balaban J connectivity index is 1.25. The summed E-state index contributed by atoms with van der Waals surface area (Å²) in [5.41, 5.74) is 2.42. The molecule has 130 valence electrons. The van der Waals surface area contributed by atoms with E-state index in [-0.39, 0.29) is 6.10 Å². The second-order valence-corrected chi connectivity index (χ2v) is 6.67. The van der Waals surface area contributed by atoms with Crippen LogP contribution in [0.5, 0.6) is 17.4 Å². The van der Waals surface area contributed by atoms with Crippen molar-refractivity contribution in [1.82, 2.24) is 9.88 Å². The number of aromatic nitrogens is 1. The fraction of sp³-hybridized carbons (Fsp3) is 0.190. The molecule has 26 heavy (non-hydrogen) atoms. The lowest BCUT2D eigenvalue weighted by Gasteiger charge is -2.38. The van der Waals surface area contributed by atoms with Crippen LogP contribution in [0.4, 0.5) is 0 Å². The third-order valence-electron chi connectivity index (χ3n) is 4.40. The highest BCUT2D eigenvalue weighted by Crippen LogP contribution is 2.23. The maximum absolute atomic E-state index is 5.89. The average molecular weight is 344 g/mol. The first kappa shape index (κ1) is 16.7. The summed E-state index contributed by atoms with van der Waals surface area (Å²) >= 11 is 0. The van der Waals surface area contributed by atoms with E-state index < -0.39 is 0 Å². The number of hydrogen-bond acceptors (Lipinski definition) is 4. The van der Waals surface area contributed by atoms with E-state index >= 15 is 0 Å². The quantitative estimate of drug-likeness (QED) is 0.643. The molecular weight excluding hydrogens is 323 g/mol. The van der Waals surface area contributed by atoms with Crippen molar-refractivity contribution in [3.05, 3.63) is 78.5 Å². The van der Waals surface area contributed by atoms with E-state index in [1.807, 2.05) is 68.6 Å². The summed E-state index contributed by atoms with van der Waals surface area (Å²) in [6.45, 7) is 2.78. The predicted molar refractivity (Wildman–Crippen MR) is 105 cm³/mol. The lowest BCUT2D eigenvalue weighted by Crippen LogP contribution is -2.53.